The maximum atomic E-state index is 13.7. The molecule has 2 saturated heterocycles. The Hall–Kier alpha value is -3.51. The zero-order valence-corrected chi connectivity index (χ0v) is 21.9. The number of ether oxygens (including phenoxy) is 4. The summed E-state index contributed by atoms with van der Waals surface area (Å²) in [7, 11) is 0. The van der Waals surface area contributed by atoms with Crippen molar-refractivity contribution >= 4 is 11.0 Å². The molecule has 0 saturated carbocycles. The molecule has 1 aromatic heterocycles. The van der Waals surface area contributed by atoms with Crippen molar-refractivity contribution in [1.82, 2.24) is 0 Å². The second-order valence-electron chi connectivity index (χ2n) is 10.0. The van der Waals surface area contributed by atoms with Gasteiger partial charge in [-0.05, 0) is 37.3 Å². The van der Waals surface area contributed by atoms with E-state index in [0.717, 1.165) is 12.1 Å². The Morgan fingerprint density at radius 3 is 2.24 bits per heavy atom. The van der Waals surface area contributed by atoms with Gasteiger partial charge in [0.2, 0.25) is 17.5 Å². The molecule has 3 heterocycles. The summed E-state index contributed by atoms with van der Waals surface area (Å²) in [6, 6.07) is 7.51. The molecule has 0 radical (unpaired) electrons. The predicted molar refractivity (Wildman–Crippen MR) is 139 cm³/mol. The molecule has 5 rings (SSSR count). The highest BCUT2D eigenvalue weighted by Gasteiger charge is 2.51. The van der Waals surface area contributed by atoms with E-state index >= 15 is 0 Å². The van der Waals surface area contributed by atoms with E-state index in [9.17, 15) is 50.8 Å². The van der Waals surface area contributed by atoms with Crippen molar-refractivity contribution in [3.63, 3.8) is 0 Å². The van der Waals surface area contributed by atoms with Crippen LogP contribution >= 0.6 is 0 Å². The van der Waals surface area contributed by atoms with E-state index in [-0.39, 0.29) is 22.3 Å². The summed E-state index contributed by atoms with van der Waals surface area (Å²) in [5.74, 6) is -2.43. The lowest BCUT2D eigenvalue weighted by atomic mass is 9.97. The van der Waals surface area contributed by atoms with Crippen LogP contribution in [0, 0.1) is 0 Å². The van der Waals surface area contributed by atoms with Gasteiger partial charge in [-0.25, -0.2) is 0 Å². The fourth-order valence-electron chi connectivity index (χ4n) is 4.86. The van der Waals surface area contributed by atoms with Crippen LogP contribution in [0.25, 0.3) is 22.3 Å². The van der Waals surface area contributed by atoms with Gasteiger partial charge in [0.25, 0.3) is 0 Å². The molecule has 3 aromatic rings. The second-order valence-corrected chi connectivity index (χ2v) is 10.0. The number of aliphatic hydroxyl groups excluding tert-OH is 6. The molecule has 228 valence electrons. The van der Waals surface area contributed by atoms with Crippen molar-refractivity contribution in [2.75, 3.05) is 6.61 Å². The molecular weight excluding hydrogens is 564 g/mol. The van der Waals surface area contributed by atoms with Crippen LogP contribution in [0.15, 0.2) is 45.6 Å². The van der Waals surface area contributed by atoms with Crippen molar-refractivity contribution in [3.8, 4) is 34.3 Å². The summed E-state index contributed by atoms with van der Waals surface area (Å²) in [5, 5.41) is 91.8. The van der Waals surface area contributed by atoms with Gasteiger partial charge < -0.3 is 69.3 Å². The number of phenolic OH excluding ortho intramolecular Hbond substituents is 3. The van der Waals surface area contributed by atoms with E-state index < -0.39 is 96.4 Å². The highest BCUT2D eigenvalue weighted by molar-refractivity contribution is 5.87. The van der Waals surface area contributed by atoms with Crippen LogP contribution in [0.4, 0.5) is 0 Å². The molecule has 15 nitrogen and oxygen atoms in total. The maximum Gasteiger partial charge on any atom is 0.239 e. The smallest absolute Gasteiger partial charge is 0.239 e. The number of rotatable bonds is 6. The Morgan fingerprint density at radius 2 is 1.55 bits per heavy atom. The molecule has 9 N–H and O–H groups in total. The van der Waals surface area contributed by atoms with E-state index in [4.69, 9.17) is 23.4 Å². The van der Waals surface area contributed by atoms with E-state index in [0.29, 0.717) is 0 Å². The first-order valence-electron chi connectivity index (χ1n) is 12.9. The molecule has 2 aromatic carbocycles. The summed E-state index contributed by atoms with van der Waals surface area (Å²) >= 11 is 0. The van der Waals surface area contributed by atoms with Gasteiger partial charge in [0.15, 0.2) is 29.7 Å². The van der Waals surface area contributed by atoms with E-state index in [1.54, 1.807) is 0 Å². The molecule has 2 aliphatic rings. The molecule has 0 spiro atoms. The Balaban J connectivity index is 1.60. The van der Waals surface area contributed by atoms with Crippen molar-refractivity contribution in [3.05, 3.63) is 46.6 Å². The highest BCUT2D eigenvalue weighted by atomic mass is 16.8. The number of aliphatic hydroxyl groups is 6. The monoisotopic (exact) mass is 594 g/mol. The van der Waals surface area contributed by atoms with Gasteiger partial charge in [0.05, 0.1) is 12.7 Å². The normalized spacial score (nSPS) is 33.5. The van der Waals surface area contributed by atoms with Gasteiger partial charge in [-0.3, -0.25) is 4.79 Å². The summed E-state index contributed by atoms with van der Waals surface area (Å²) in [5.41, 5.74) is -0.968. The summed E-state index contributed by atoms with van der Waals surface area (Å²) in [4.78, 5) is 13.7. The number of hydrogen-bond acceptors (Lipinski definition) is 15. The summed E-state index contributed by atoms with van der Waals surface area (Å²) in [6.07, 6.45) is -16.4. The minimum Gasteiger partial charge on any atom is -0.507 e. The van der Waals surface area contributed by atoms with Crippen molar-refractivity contribution in [2.24, 2.45) is 0 Å². The van der Waals surface area contributed by atoms with Crippen LogP contribution in [0.3, 0.4) is 0 Å². The topological polar surface area (TPSA) is 249 Å². The minimum absolute atomic E-state index is 0.0344. The van der Waals surface area contributed by atoms with Gasteiger partial charge in [-0.15, -0.1) is 0 Å². The van der Waals surface area contributed by atoms with Gasteiger partial charge >= 0.3 is 0 Å². The fraction of sp³-hybridized carbons (Fsp3) is 0.444. The molecule has 10 atom stereocenters. The SMILES string of the molecule is C[C@@H]1O[C@@H](O[C@H]2[C@H](Oc3c(-c4ccc(O)c(O)c4)oc4cccc(O)c4c3=O)O[C@H](CO)[C@@H](O)[C@@H]2O)[C@H](O)[C@H](O)[C@H]1O. The van der Waals surface area contributed by atoms with Gasteiger partial charge in [0, 0.05) is 5.56 Å². The van der Waals surface area contributed by atoms with Crippen molar-refractivity contribution in [2.45, 2.75) is 68.3 Å². The lowest BCUT2D eigenvalue weighted by Gasteiger charge is -2.45. The third kappa shape index (κ3) is 5.26. The molecule has 2 fully saturated rings. The van der Waals surface area contributed by atoms with Crippen molar-refractivity contribution < 1.29 is 69.3 Å². The minimum atomic E-state index is -1.88. The Labute approximate surface area is 236 Å². The van der Waals surface area contributed by atoms with Gasteiger partial charge in [0.1, 0.15) is 53.3 Å². The molecule has 42 heavy (non-hydrogen) atoms. The molecule has 15 heteroatoms. The molecular formula is C27H30O15. The average molecular weight is 595 g/mol. The standard InChI is InChI=1S/C27H30O15/c1-9-17(32)20(35)22(37)26(38-9)42-25-21(36)18(33)15(8-28)40-27(25)41-24-19(34)16-12(30)3-2-4-14(16)39-23(24)10-5-6-11(29)13(31)7-10/h2-7,9,15,17-18,20-22,25-33,35-37H,8H2,1H3/t9-,15+,17-,18+,20+,21-,22+,25+,26-,27-/m0/s1. The first-order chi connectivity index (χ1) is 19.9. The summed E-state index contributed by atoms with van der Waals surface area (Å²) < 4.78 is 28.5. The quantitative estimate of drug-likeness (QED) is 0.149. The van der Waals surface area contributed by atoms with E-state index in [1.165, 1.54) is 31.2 Å². The van der Waals surface area contributed by atoms with Crippen LogP contribution in [0.2, 0.25) is 0 Å². The molecule has 0 bridgehead atoms. The first-order valence-corrected chi connectivity index (χ1v) is 12.9. The van der Waals surface area contributed by atoms with Gasteiger partial charge in [-0.2, -0.15) is 0 Å². The number of phenols is 3. The zero-order valence-electron chi connectivity index (χ0n) is 21.9. The lowest BCUT2D eigenvalue weighted by Crippen LogP contribution is -2.64. The average Bonchev–Trinajstić information content (AvgIpc) is 2.96. The number of hydrogen-bond donors (Lipinski definition) is 9. The fourth-order valence-corrected chi connectivity index (χ4v) is 4.86. The Kier molecular flexibility index (Phi) is 8.30. The van der Waals surface area contributed by atoms with Gasteiger partial charge in [-0.1, -0.05) is 6.07 Å². The van der Waals surface area contributed by atoms with Crippen LogP contribution in [-0.4, -0.2) is 114 Å². The van der Waals surface area contributed by atoms with Crippen LogP contribution < -0.4 is 10.2 Å². The highest BCUT2D eigenvalue weighted by Crippen LogP contribution is 2.39. The second kappa shape index (κ2) is 11.6. The van der Waals surface area contributed by atoms with Crippen LogP contribution in [0.5, 0.6) is 23.0 Å². The van der Waals surface area contributed by atoms with Crippen molar-refractivity contribution in [1.29, 1.82) is 0 Å². The largest absolute Gasteiger partial charge is 0.507 e. The Morgan fingerprint density at radius 1 is 0.810 bits per heavy atom. The molecule has 0 aliphatic carbocycles. The van der Waals surface area contributed by atoms with E-state index in [1.807, 2.05) is 0 Å². The number of fused-ring (bicyclic) bond motifs is 1. The molecule has 0 unspecified atom stereocenters. The number of aromatic hydroxyl groups is 3. The van der Waals surface area contributed by atoms with Crippen LogP contribution in [-0.2, 0) is 14.2 Å². The van der Waals surface area contributed by atoms with Crippen LogP contribution in [0.1, 0.15) is 6.92 Å². The number of benzene rings is 2. The zero-order chi connectivity index (χ0) is 30.5. The lowest BCUT2D eigenvalue weighted by molar-refractivity contribution is -0.354. The third-order valence-corrected chi connectivity index (χ3v) is 7.25. The predicted octanol–water partition coefficient (Wildman–Crippen LogP) is -1.39. The third-order valence-electron chi connectivity index (χ3n) is 7.25. The Bertz CT molecular complexity index is 1490. The summed E-state index contributed by atoms with van der Waals surface area (Å²) in [6.45, 7) is 0.585. The molecule has 0 amide bonds. The first kappa shape index (κ1) is 30.0. The molecule has 2 aliphatic heterocycles. The van der Waals surface area contributed by atoms with E-state index in [2.05, 4.69) is 0 Å². The maximum absolute atomic E-state index is 13.7.